The van der Waals surface area contributed by atoms with Gasteiger partial charge in [0.2, 0.25) is 5.91 Å². The van der Waals surface area contributed by atoms with Crippen molar-refractivity contribution in [2.45, 2.75) is 0 Å². The Morgan fingerprint density at radius 2 is 2.50 bits per heavy atom. The summed E-state index contributed by atoms with van der Waals surface area (Å²) in [6.45, 7) is 0. The van der Waals surface area contributed by atoms with Gasteiger partial charge in [0.05, 0.1) is 16.2 Å². The van der Waals surface area contributed by atoms with Gasteiger partial charge in [-0.15, -0.1) is 0 Å². The van der Waals surface area contributed by atoms with Crippen molar-refractivity contribution in [2.75, 3.05) is 5.32 Å². The van der Waals surface area contributed by atoms with Gasteiger partial charge < -0.3 is 4.42 Å². The Balaban J connectivity index is 1.94. The van der Waals surface area contributed by atoms with Crippen LogP contribution in [0.15, 0.2) is 38.9 Å². The molecule has 0 spiro atoms. The third kappa shape index (κ3) is 3.04. The monoisotopic (exact) mass is 298 g/mol. The number of anilines is 1. The summed E-state index contributed by atoms with van der Waals surface area (Å²) in [6.07, 6.45) is 6.18. The van der Waals surface area contributed by atoms with Gasteiger partial charge in [-0.1, -0.05) is 11.3 Å². The normalized spacial score (nSPS) is 10.8. The van der Waals surface area contributed by atoms with Gasteiger partial charge in [0, 0.05) is 6.08 Å². The molecule has 1 amide bonds. The van der Waals surface area contributed by atoms with Crippen molar-refractivity contribution in [1.29, 1.82) is 0 Å². The fourth-order valence-electron chi connectivity index (χ4n) is 1.00. The second kappa shape index (κ2) is 5.09. The Kier molecular flexibility index (Phi) is 3.53. The smallest absolute Gasteiger partial charge is 0.250 e. The second-order valence-electron chi connectivity index (χ2n) is 2.81. The lowest BCUT2D eigenvalue weighted by atomic mass is 10.4. The van der Waals surface area contributed by atoms with E-state index >= 15 is 0 Å². The van der Waals surface area contributed by atoms with Gasteiger partial charge in [0.25, 0.3) is 0 Å². The number of amides is 1. The molecule has 16 heavy (non-hydrogen) atoms. The van der Waals surface area contributed by atoms with Crippen LogP contribution >= 0.6 is 27.3 Å². The third-order valence-corrected chi connectivity index (χ3v) is 3.04. The van der Waals surface area contributed by atoms with Crippen molar-refractivity contribution in [2.24, 2.45) is 0 Å². The fourth-order valence-corrected chi connectivity index (χ4v) is 2.11. The molecule has 0 saturated heterocycles. The molecular formula is C10H7BrN2O2S. The lowest BCUT2D eigenvalue weighted by Crippen LogP contribution is -2.06. The maximum Gasteiger partial charge on any atom is 0.250 e. The third-order valence-electron chi connectivity index (χ3n) is 1.65. The summed E-state index contributed by atoms with van der Waals surface area (Å²) in [5, 5.41) is 3.19. The first kappa shape index (κ1) is 11.1. The van der Waals surface area contributed by atoms with Crippen molar-refractivity contribution in [3.05, 3.63) is 40.2 Å². The minimum Gasteiger partial charge on any atom is -0.465 e. The zero-order valence-corrected chi connectivity index (χ0v) is 10.4. The molecule has 2 aromatic heterocycles. The van der Waals surface area contributed by atoms with Gasteiger partial charge >= 0.3 is 0 Å². The van der Waals surface area contributed by atoms with Crippen LogP contribution in [0.25, 0.3) is 6.08 Å². The Hall–Kier alpha value is -1.40. The maximum absolute atomic E-state index is 11.4. The van der Waals surface area contributed by atoms with Gasteiger partial charge in [-0.2, -0.15) is 0 Å². The van der Waals surface area contributed by atoms with Crippen LogP contribution in [0.5, 0.6) is 0 Å². The van der Waals surface area contributed by atoms with E-state index in [-0.39, 0.29) is 5.91 Å². The molecule has 0 unspecified atom stereocenters. The molecule has 1 N–H and O–H groups in total. The topological polar surface area (TPSA) is 55.1 Å². The lowest BCUT2D eigenvalue weighted by molar-refractivity contribution is -0.111. The SMILES string of the molecule is O=C(/C=C/c1ccco1)Nc1ncc(Br)s1. The fraction of sp³-hybridized carbons (Fsp3) is 0. The van der Waals surface area contributed by atoms with Crippen LogP contribution in [0.4, 0.5) is 5.13 Å². The van der Waals surface area contributed by atoms with E-state index in [1.54, 1.807) is 30.7 Å². The predicted octanol–water partition coefficient (Wildman–Crippen LogP) is 3.15. The minimum absolute atomic E-state index is 0.238. The van der Waals surface area contributed by atoms with Gasteiger partial charge in [0.1, 0.15) is 5.76 Å². The molecular weight excluding hydrogens is 292 g/mol. The number of hydrogen-bond acceptors (Lipinski definition) is 4. The first-order chi connectivity index (χ1) is 7.74. The predicted molar refractivity (Wildman–Crippen MR) is 66.2 cm³/mol. The highest BCUT2D eigenvalue weighted by Gasteiger charge is 2.02. The van der Waals surface area contributed by atoms with E-state index in [0.717, 1.165) is 3.79 Å². The molecule has 82 valence electrons. The molecule has 6 heteroatoms. The summed E-state index contributed by atoms with van der Waals surface area (Å²) < 4.78 is 5.92. The highest BCUT2D eigenvalue weighted by molar-refractivity contribution is 9.11. The number of nitrogens with one attached hydrogen (secondary N) is 1. The number of carbonyl (C=O) groups is 1. The average Bonchev–Trinajstić information content (AvgIpc) is 2.87. The van der Waals surface area contributed by atoms with Crippen molar-refractivity contribution < 1.29 is 9.21 Å². The first-order valence-corrected chi connectivity index (χ1v) is 5.99. The maximum atomic E-state index is 11.4. The van der Waals surface area contributed by atoms with Crippen LogP contribution in [-0.4, -0.2) is 10.9 Å². The molecule has 0 aromatic carbocycles. The van der Waals surface area contributed by atoms with Crippen molar-refractivity contribution >= 4 is 44.4 Å². The van der Waals surface area contributed by atoms with E-state index in [4.69, 9.17) is 4.42 Å². The van der Waals surface area contributed by atoms with Crippen molar-refractivity contribution in [1.82, 2.24) is 4.98 Å². The van der Waals surface area contributed by atoms with Crippen LogP contribution < -0.4 is 5.32 Å². The molecule has 0 atom stereocenters. The number of aromatic nitrogens is 1. The Bertz CT molecular complexity index is 505. The van der Waals surface area contributed by atoms with Crippen LogP contribution in [-0.2, 0) is 4.79 Å². The van der Waals surface area contributed by atoms with E-state index < -0.39 is 0 Å². The van der Waals surface area contributed by atoms with Crippen LogP contribution in [0.3, 0.4) is 0 Å². The molecule has 2 heterocycles. The quantitative estimate of drug-likeness (QED) is 0.886. The largest absolute Gasteiger partial charge is 0.465 e. The number of rotatable bonds is 3. The van der Waals surface area contributed by atoms with Crippen LogP contribution in [0.2, 0.25) is 0 Å². The van der Waals surface area contributed by atoms with Crippen molar-refractivity contribution in [3.8, 4) is 0 Å². The molecule has 0 aliphatic heterocycles. The summed E-state index contributed by atoms with van der Waals surface area (Å²) in [5.74, 6) is 0.397. The van der Waals surface area contributed by atoms with Gasteiger partial charge in [-0.25, -0.2) is 4.98 Å². The summed E-state index contributed by atoms with van der Waals surface area (Å²) in [4.78, 5) is 15.4. The molecule has 2 rings (SSSR count). The van der Waals surface area contributed by atoms with E-state index in [0.29, 0.717) is 10.9 Å². The average molecular weight is 299 g/mol. The summed E-state index contributed by atoms with van der Waals surface area (Å²) in [5.41, 5.74) is 0. The molecule has 2 aromatic rings. The number of carbonyl (C=O) groups excluding carboxylic acids is 1. The van der Waals surface area contributed by atoms with Gasteiger partial charge in [-0.05, 0) is 34.1 Å². The second-order valence-corrected chi connectivity index (χ2v) is 5.22. The number of halogens is 1. The molecule has 0 fully saturated rings. The van der Waals surface area contributed by atoms with E-state index in [1.807, 2.05) is 0 Å². The lowest BCUT2D eigenvalue weighted by Gasteiger charge is -1.93. The summed E-state index contributed by atoms with van der Waals surface area (Å²) >= 11 is 4.62. The molecule has 0 bridgehead atoms. The first-order valence-electron chi connectivity index (χ1n) is 4.38. The molecule has 0 saturated carbocycles. The van der Waals surface area contributed by atoms with E-state index in [1.165, 1.54) is 17.4 Å². The number of hydrogen-bond donors (Lipinski definition) is 1. The molecule has 0 aliphatic carbocycles. The number of nitrogens with zero attached hydrogens (tertiary/aromatic N) is 1. The van der Waals surface area contributed by atoms with Crippen molar-refractivity contribution in [3.63, 3.8) is 0 Å². The zero-order chi connectivity index (χ0) is 11.4. The number of furan rings is 1. The molecule has 0 radical (unpaired) electrons. The summed E-state index contributed by atoms with van der Waals surface area (Å²) in [6, 6.07) is 3.53. The van der Waals surface area contributed by atoms with Gasteiger partial charge in [-0.3, -0.25) is 10.1 Å². The Morgan fingerprint density at radius 1 is 1.62 bits per heavy atom. The molecule has 0 aliphatic rings. The van der Waals surface area contributed by atoms with Crippen LogP contribution in [0.1, 0.15) is 5.76 Å². The zero-order valence-electron chi connectivity index (χ0n) is 8.01. The number of thiazole rings is 1. The van der Waals surface area contributed by atoms with E-state index in [9.17, 15) is 4.79 Å². The van der Waals surface area contributed by atoms with E-state index in [2.05, 4.69) is 26.2 Å². The Labute approximate surface area is 104 Å². The van der Waals surface area contributed by atoms with Gasteiger partial charge in [0.15, 0.2) is 5.13 Å². The highest BCUT2D eigenvalue weighted by Crippen LogP contribution is 2.22. The summed E-state index contributed by atoms with van der Waals surface area (Å²) in [7, 11) is 0. The Morgan fingerprint density at radius 3 is 3.12 bits per heavy atom. The van der Waals surface area contributed by atoms with Crippen LogP contribution in [0, 0.1) is 0 Å². The highest BCUT2D eigenvalue weighted by atomic mass is 79.9. The standard InChI is InChI=1S/C10H7BrN2O2S/c11-8-6-12-10(16-8)13-9(14)4-3-7-2-1-5-15-7/h1-6H,(H,12,13,14)/b4-3+. The molecule has 4 nitrogen and oxygen atoms in total. The minimum atomic E-state index is -0.238.